The van der Waals surface area contributed by atoms with Crippen LogP contribution in [0.25, 0.3) is 0 Å². The quantitative estimate of drug-likeness (QED) is 0.516. The fourth-order valence-corrected chi connectivity index (χ4v) is 0.321. The van der Waals surface area contributed by atoms with Crippen molar-refractivity contribution in [2.75, 3.05) is 6.61 Å². The molecule has 0 aliphatic rings. The normalized spacial score (nSPS) is 12.8. The smallest absolute Gasteiger partial charge is 0.293 e. The molecule has 0 aromatic carbocycles. The first kappa shape index (κ1) is 7.47. The van der Waals surface area contributed by atoms with Gasteiger partial charge in [0.25, 0.3) is 6.47 Å². The second-order valence-electron chi connectivity index (χ2n) is 1.94. The Hall–Kier alpha value is -0.530. The van der Waals surface area contributed by atoms with E-state index in [1.165, 1.54) is 0 Å². The van der Waals surface area contributed by atoms with Crippen molar-refractivity contribution in [2.24, 2.45) is 5.92 Å². The van der Waals surface area contributed by atoms with Gasteiger partial charge in [-0.25, -0.2) is 0 Å². The number of carbonyl (C=O) groups excluding carboxylic acids is 1. The Morgan fingerprint density at radius 2 is 2.38 bits per heavy atom. The summed E-state index contributed by atoms with van der Waals surface area (Å²) >= 11 is 0. The first-order chi connectivity index (χ1) is 3.81. The molecule has 48 valence electrons. The number of hydrogen-bond donors (Lipinski definition) is 0. The molecule has 0 spiro atoms. The molecule has 0 radical (unpaired) electrons. The molecule has 1 atom stereocenters. The Bertz CT molecular complexity index is 61.5. The van der Waals surface area contributed by atoms with E-state index in [1.807, 2.05) is 6.92 Å². The summed E-state index contributed by atoms with van der Waals surface area (Å²) in [5.74, 6) is 0.500. The van der Waals surface area contributed by atoms with Gasteiger partial charge in [-0.3, -0.25) is 4.79 Å². The van der Waals surface area contributed by atoms with Gasteiger partial charge in [0.1, 0.15) is 0 Å². The number of ether oxygens (including phenoxy) is 1. The van der Waals surface area contributed by atoms with E-state index >= 15 is 0 Å². The van der Waals surface area contributed by atoms with Gasteiger partial charge < -0.3 is 4.74 Å². The average molecular weight is 116 g/mol. The van der Waals surface area contributed by atoms with Gasteiger partial charge in [0, 0.05) is 0 Å². The fourth-order valence-electron chi connectivity index (χ4n) is 0.321. The lowest BCUT2D eigenvalue weighted by atomic mass is 10.1. The van der Waals surface area contributed by atoms with Gasteiger partial charge in [0.2, 0.25) is 0 Å². The van der Waals surface area contributed by atoms with E-state index in [4.69, 9.17) is 0 Å². The summed E-state index contributed by atoms with van der Waals surface area (Å²) in [6.45, 7) is 5.16. The van der Waals surface area contributed by atoms with Crippen molar-refractivity contribution in [3.63, 3.8) is 0 Å². The molecule has 0 saturated carbocycles. The summed E-state index contributed by atoms with van der Waals surface area (Å²) in [7, 11) is 0. The fraction of sp³-hybridized carbons (Fsp3) is 0.833. The van der Waals surface area contributed by atoms with Crippen LogP contribution in [0.15, 0.2) is 0 Å². The maximum Gasteiger partial charge on any atom is 0.293 e. The molecule has 0 N–H and O–H groups in total. The Morgan fingerprint density at radius 1 is 1.75 bits per heavy atom. The molecule has 2 heteroatoms. The minimum absolute atomic E-state index is 0.492. The van der Waals surface area contributed by atoms with Crippen molar-refractivity contribution in [3.05, 3.63) is 0 Å². The molecule has 0 aromatic rings. The van der Waals surface area contributed by atoms with Crippen LogP contribution in [0, 0.1) is 5.92 Å². The first-order valence-electron chi connectivity index (χ1n) is 2.86. The topological polar surface area (TPSA) is 26.3 Å². The third-order valence-electron chi connectivity index (χ3n) is 1.15. The van der Waals surface area contributed by atoms with Crippen LogP contribution in [-0.4, -0.2) is 13.1 Å². The highest BCUT2D eigenvalue weighted by molar-refractivity contribution is 5.36. The summed E-state index contributed by atoms with van der Waals surface area (Å²) in [5, 5.41) is 0. The van der Waals surface area contributed by atoms with Crippen molar-refractivity contribution in [3.8, 4) is 0 Å². The van der Waals surface area contributed by atoms with Gasteiger partial charge in [-0.05, 0) is 5.92 Å². The van der Waals surface area contributed by atoms with Crippen LogP contribution in [0.4, 0.5) is 0 Å². The van der Waals surface area contributed by atoms with Gasteiger partial charge in [-0.1, -0.05) is 20.3 Å². The Labute approximate surface area is 49.8 Å². The first-order valence-corrected chi connectivity index (χ1v) is 2.86. The third kappa shape index (κ3) is 3.65. The molecule has 0 fully saturated rings. The molecule has 8 heavy (non-hydrogen) atoms. The standard InChI is InChI=1S/C6H12O2/c1-3-6(2)4-8-5-7/h5-6H,3-4H2,1-2H3/t6-/m1/s1. The predicted octanol–water partition coefficient (Wildman–Crippen LogP) is 1.21. The number of rotatable bonds is 4. The van der Waals surface area contributed by atoms with Gasteiger partial charge in [-0.15, -0.1) is 0 Å². The van der Waals surface area contributed by atoms with Crippen molar-refractivity contribution in [2.45, 2.75) is 20.3 Å². The van der Waals surface area contributed by atoms with Crippen LogP contribution in [0.1, 0.15) is 20.3 Å². The number of hydrogen-bond acceptors (Lipinski definition) is 2. The summed E-state index contributed by atoms with van der Waals surface area (Å²) in [5.41, 5.74) is 0. The molecule has 2 nitrogen and oxygen atoms in total. The monoisotopic (exact) mass is 116 g/mol. The van der Waals surface area contributed by atoms with Gasteiger partial charge in [-0.2, -0.15) is 0 Å². The maximum absolute atomic E-state index is 9.60. The third-order valence-corrected chi connectivity index (χ3v) is 1.15. The van der Waals surface area contributed by atoms with Crippen molar-refractivity contribution in [1.82, 2.24) is 0 Å². The average Bonchev–Trinajstić information content (AvgIpc) is 1.83. The zero-order valence-corrected chi connectivity index (χ0v) is 5.39. The Morgan fingerprint density at radius 3 is 2.75 bits per heavy atom. The largest absolute Gasteiger partial charge is 0.468 e. The Balaban J connectivity index is 2.97. The van der Waals surface area contributed by atoms with E-state index in [-0.39, 0.29) is 0 Å². The van der Waals surface area contributed by atoms with Gasteiger partial charge in [0.05, 0.1) is 6.61 Å². The zero-order chi connectivity index (χ0) is 6.41. The zero-order valence-electron chi connectivity index (χ0n) is 5.39. The van der Waals surface area contributed by atoms with E-state index in [2.05, 4.69) is 11.7 Å². The minimum Gasteiger partial charge on any atom is -0.468 e. The van der Waals surface area contributed by atoms with Crippen LogP contribution in [0.2, 0.25) is 0 Å². The summed E-state index contributed by atoms with van der Waals surface area (Å²) in [4.78, 5) is 9.60. The van der Waals surface area contributed by atoms with Gasteiger partial charge in [0.15, 0.2) is 0 Å². The summed E-state index contributed by atoms with van der Waals surface area (Å²) in [6, 6.07) is 0. The SMILES string of the molecule is CC[C@@H](C)COC=O. The summed E-state index contributed by atoms with van der Waals surface area (Å²) in [6.07, 6.45) is 1.06. The Kier molecular flexibility index (Phi) is 4.32. The molecule has 0 unspecified atom stereocenters. The molecule has 0 amide bonds. The van der Waals surface area contributed by atoms with Crippen LogP contribution in [0.3, 0.4) is 0 Å². The van der Waals surface area contributed by atoms with E-state index in [0.717, 1.165) is 6.42 Å². The van der Waals surface area contributed by atoms with E-state index < -0.39 is 0 Å². The summed E-state index contributed by atoms with van der Waals surface area (Å²) < 4.78 is 4.51. The van der Waals surface area contributed by atoms with Crippen LogP contribution < -0.4 is 0 Å². The molecule has 0 heterocycles. The van der Waals surface area contributed by atoms with Crippen molar-refractivity contribution < 1.29 is 9.53 Å². The molecular formula is C6H12O2. The van der Waals surface area contributed by atoms with Crippen LogP contribution in [0.5, 0.6) is 0 Å². The minimum atomic E-state index is 0.492. The second kappa shape index (κ2) is 4.62. The molecule has 0 bridgehead atoms. The van der Waals surface area contributed by atoms with Crippen molar-refractivity contribution >= 4 is 6.47 Å². The van der Waals surface area contributed by atoms with E-state index in [0.29, 0.717) is 19.0 Å². The molecular weight excluding hydrogens is 104 g/mol. The number of carbonyl (C=O) groups is 1. The van der Waals surface area contributed by atoms with E-state index in [9.17, 15) is 4.79 Å². The van der Waals surface area contributed by atoms with E-state index in [1.54, 1.807) is 0 Å². The molecule has 0 rings (SSSR count). The lowest BCUT2D eigenvalue weighted by Crippen LogP contribution is -2.02. The van der Waals surface area contributed by atoms with Gasteiger partial charge >= 0.3 is 0 Å². The second-order valence-corrected chi connectivity index (χ2v) is 1.94. The predicted molar refractivity (Wildman–Crippen MR) is 31.5 cm³/mol. The highest BCUT2D eigenvalue weighted by Crippen LogP contribution is 1.98. The molecule has 0 saturated heterocycles. The maximum atomic E-state index is 9.60. The lowest BCUT2D eigenvalue weighted by Gasteiger charge is -2.03. The van der Waals surface area contributed by atoms with Crippen molar-refractivity contribution in [1.29, 1.82) is 0 Å². The van der Waals surface area contributed by atoms with Crippen LogP contribution in [-0.2, 0) is 9.53 Å². The molecule has 0 aliphatic carbocycles. The highest BCUT2D eigenvalue weighted by atomic mass is 16.5. The molecule has 0 aliphatic heterocycles. The lowest BCUT2D eigenvalue weighted by molar-refractivity contribution is -0.129. The highest BCUT2D eigenvalue weighted by Gasteiger charge is 1.95. The van der Waals surface area contributed by atoms with Crippen LogP contribution >= 0.6 is 0 Å². The molecule has 0 aromatic heterocycles.